The van der Waals surface area contributed by atoms with Crippen molar-refractivity contribution in [2.24, 2.45) is 0 Å². The Kier molecular flexibility index (Phi) is 239. The molecular formula is AgIn2O2Sn2. The maximum atomic E-state index is 8.34. The predicted molar refractivity (Wildman–Crippen MR) is 24.4 cm³/mol. The van der Waals surface area contributed by atoms with E-state index < -0.39 is 0 Å². The zero-order valence-electron chi connectivity index (χ0n) is 3.27. The monoisotopic (exact) mass is 609 g/mol. The summed E-state index contributed by atoms with van der Waals surface area (Å²) in [5, 5.41) is 0. The van der Waals surface area contributed by atoms with Crippen molar-refractivity contribution in [2.45, 2.75) is 0 Å². The van der Waals surface area contributed by atoms with Crippen LogP contribution in [0.25, 0.3) is 0 Å². The first-order valence-electron chi connectivity index (χ1n) is 0.408. The Morgan fingerprint density at radius 3 is 0.714 bits per heavy atom. The Bertz CT molecular complexity index is 15.7. The van der Waals surface area contributed by atoms with Crippen molar-refractivity contribution in [1.29, 1.82) is 0 Å². The SMILES string of the molecule is [Ag].[In].[In].[O]=[Sn].[O]=[Sn]. The van der Waals surface area contributed by atoms with Crippen LogP contribution in [0.3, 0.4) is 0 Å². The van der Waals surface area contributed by atoms with Gasteiger partial charge in [-0.1, -0.05) is 0 Å². The second-order valence-electron chi connectivity index (χ2n) is 0. The van der Waals surface area contributed by atoms with Crippen LogP contribution in [0.15, 0.2) is 0 Å². The van der Waals surface area contributed by atoms with E-state index in [-0.39, 0.29) is 74.1 Å². The van der Waals surface area contributed by atoms with Crippen molar-refractivity contribution in [1.82, 2.24) is 0 Å². The first-order valence-corrected chi connectivity index (χ1v) is 2.74. The molecule has 0 rings (SSSR count). The van der Waals surface area contributed by atoms with E-state index in [9.17, 15) is 0 Å². The zero-order chi connectivity index (χ0) is 4.00. The molecule has 0 saturated heterocycles. The standard InChI is InChI=1S/Ag.2In.2O.2Sn. The molecule has 0 aliphatic carbocycles. The quantitative estimate of drug-likeness (QED) is 0.307. The molecular weight excluding hydrogens is 607 g/mol. The normalized spacial score (nSPS) is 1.14. The van der Waals surface area contributed by atoms with E-state index in [1.807, 2.05) is 0 Å². The summed E-state index contributed by atoms with van der Waals surface area (Å²) >= 11 is 0.600. The van der Waals surface area contributed by atoms with Crippen molar-refractivity contribution >= 4 is 96.7 Å². The van der Waals surface area contributed by atoms with Gasteiger partial charge in [-0.3, -0.25) is 0 Å². The maximum absolute atomic E-state index is 8.34. The average molecular weight is 607 g/mol. The minimum absolute atomic E-state index is 0. The van der Waals surface area contributed by atoms with E-state index in [0.29, 0.717) is 45.0 Å². The molecule has 0 atom stereocenters. The van der Waals surface area contributed by atoms with Gasteiger partial charge < -0.3 is 0 Å². The molecule has 0 aromatic rings. The first-order chi connectivity index (χ1) is 2.00. The molecule has 7 heteroatoms. The second kappa shape index (κ2) is 53.9. The number of rotatable bonds is 0. The third kappa shape index (κ3) is 42.2. The van der Waals surface area contributed by atoms with Crippen molar-refractivity contribution in [3.05, 3.63) is 0 Å². The number of hydrogen-bond acceptors (Lipinski definition) is 2. The van der Waals surface area contributed by atoms with Crippen LogP contribution in [-0.2, 0) is 28.5 Å². The van der Waals surface area contributed by atoms with Gasteiger partial charge in [-0.05, 0) is 0 Å². The Labute approximate surface area is 122 Å². The van der Waals surface area contributed by atoms with Crippen LogP contribution in [0, 0.1) is 0 Å². The Morgan fingerprint density at radius 1 is 0.714 bits per heavy atom. The summed E-state index contributed by atoms with van der Waals surface area (Å²) in [6, 6.07) is 0. The Morgan fingerprint density at radius 2 is 0.714 bits per heavy atom. The summed E-state index contributed by atoms with van der Waals surface area (Å²) in [4.78, 5) is 0. The summed E-state index contributed by atoms with van der Waals surface area (Å²) in [6.45, 7) is 0. The molecule has 0 bridgehead atoms. The molecule has 0 aromatic carbocycles. The van der Waals surface area contributed by atoms with E-state index in [0.717, 1.165) is 0 Å². The number of hydrogen-bond donors (Lipinski definition) is 0. The molecule has 7 heavy (non-hydrogen) atoms. The molecule has 0 N–H and O–H groups in total. The topological polar surface area (TPSA) is 34.1 Å². The van der Waals surface area contributed by atoms with Crippen molar-refractivity contribution in [3.8, 4) is 0 Å². The van der Waals surface area contributed by atoms with Crippen LogP contribution in [-0.4, -0.2) is 96.7 Å². The fourth-order valence-corrected chi connectivity index (χ4v) is 0. The van der Waals surface area contributed by atoms with Gasteiger partial charge >= 0.3 is 51.2 Å². The van der Waals surface area contributed by atoms with Gasteiger partial charge in [0.25, 0.3) is 0 Å². The first kappa shape index (κ1) is 31.0. The third-order valence-electron chi connectivity index (χ3n) is 0. The second-order valence-corrected chi connectivity index (χ2v) is 0. The molecule has 0 aliphatic rings. The molecule has 0 saturated carbocycles. The summed E-state index contributed by atoms with van der Waals surface area (Å²) < 4.78 is 16.7. The van der Waals surface area contributed by atoms with Crippen LogP contribution in [0.5, 0.6) is 0 Å². The molecule has 2 nitrogen and oxygen atoms in total. The average Bonchev–Trinajstić information content (AvgIpc) is 1.50. The molecule has 0 spiro atoms. The molecule has 0 amide bonds. The van der Waals surface area contributed by atoms with Crippen LogP contribution in [0.1, 0.15) is 0 Å². The summed E-state index contributed by atoms with van der Waals surface area (Å²) in [5.41, 5.74) is 0. The fourth-order valence-electron chi connectivity index (χ4n) is 0. The third-order valence-corrected chi connectivity index (χ3v) is 0. The van der Waals surface area contributed by atoms with Crippen molar-refractivity contribution in [3.63, 3.8) is 0 Å². The van der Waals surface area contributed by atoms with Crippen LogP contribution in [0.4, 0.5) is 0 Å². The van der Waals surface area contributed by atoms with Crippen LogP contribution >= 0.6 is 0 Å². The molecule has 0 aliphatic heterocycles. The molecule has 11 radical (unpaired) electrons. The molecule has 37 valence electrons. The van der Waals surface area contributed by atoms with Gasteiger partial charge in [0.1, 0.15) is 0 Å². The minimum atomic E-state index is 0. The summed E-state index contributed by atoms with van der Waals surface area (Å²) in [7, 11) is 0. The van der Waals surface area contributed by atoms with Gasteiger partial charge in [-0.25, -0.2) is 0 Å². The molecule has 0 unspecified atom stereocenters. The van der Waals surface area contributed by atoms with Crippen LogP contribution in [0.2, 0.25) is 0 Å². The molecule has 0 aromatic heterocycles. The molecule has 0 heterocycles. The predicted octanol–water partition coefficient (Wildman–Crippen LogP) is -1.76. The van der Waals surface area contributed by atoms with Gasteiger partial charge in [0.2, 0.25) is 0 Å². The summed E-state index contributed by atoms with van der Waals surface area (Å²) in [6.07, 6.45) is 0. The van der Waals surface area contributed by atoms with Gasteiger partial charge in [0.05, 0.1) is 0 Å². The van der Waals surface area contributed by atoms with Gasteiger partial charge in [-0.15, -0.1) is 0 Å². The van der Waals surface area contributed by atoms with Gasteiger partial charge in [0, 0.05) is 74.1 Å². The Hall–Kier alpha value is 3.68. The summed E-state index contributed by atoms with van der Waals surface area (Å²) in [5.74, 6) is 0. The van der Waals surface area contributed by atoms with Crippen LogP contribution < -0.4 is 0 Å². The van der Waals surface area contributed by atoms with E-state index in [1.165, 1.54) is 0 Å². The van der Waals surface area contributed by atoms with E-state index >= 15 is 0 Å². The Balaban J connectivity index is -0.00000000267. The fraction of sp³-hybridized carbons (Fsp3) is 0. The van der Waals surface area contributed by atoms with Crippen molar-refractivity contribution in [2.75, 3.05) is 0 Å². The van der Waals surface area contributed by atoms with Crippen molar-refractivity contribution < 1.29 is 28.5 Å². The van der Waals surface area contributed by atoms with Gasteiger partial charge in [0.15, 0.2) is 0 Å². The van der Waals surface area contributed by atoms with E-state index in [4.69, 9.17) is 6.15 Å². The zero-order valence-corrected chi connectivity index (χ0v) is 17.1. The van der Waals surface area contributed by atoms with E-state index in [2.05, 4.69) is 0 Å². The van der Waals surface area contributed by atoms with E-state index in [1.54, 1.807) is 0 Å². The molecule has 0 fully saturated rings. The van der Waals surface area contributed by atoms with Gasteiger partial charge in [-0.2, -0.15) is 0 Å².